The number of carbonyl (C=O) groups excluding carboxylic acids is 2. The number of aromatic nitrogens is 4. The van der Waals surface area contributed by atoms with Gasteiger partial charge in [-0.05, 0) is 37.8 Å². The molecule has 1 saturated carbocycles. The fourth-order valence-electron chi connectivity index (χ4n) is 4.96. The molecule has 2 amide bonds. The number of ether oxygens (including phenoxy) is 1. The minimum atomic E-state index is -4.62. The van der Waals surface area contributed by atoms with Crippen LogP contribution in [0.4, 0.5) is 17.6 Å². The number of pyridine rings is 2. The van der Waals surface area contributed by atoms with Gasteiger partial charge in [0.1, 0.15) is 11.4 Å². The summed E-state index contributed by atoms with van der Waals surface area (Å²) >= 11 is 0. The van der Waals surface area contributed by atoms with Crippen molar-refractivity contribution in [2.24, 2.45) is 5.92 Å². The third-order valence-corrected chi connectivity index (χ3v) is 7.08. The van der Waals surface area contributed by atoms with E-state index in [1.807, 2.05) is 0 Å². The molecule has 9 nitrogen and oxygen atoms in total. The Morgan fingerprint density at radius 3 is 2.76 bits per heavy atom. The lowest BCUT2D eigenvalue weighted by atomic mass is 9.88. The molecule has 0 unspecified atom stereocenters. The number of nitrogens with zero attached hydrogens (tertiary/aromatic N) is 4. The maximum atomic E-state index is 14.3. The SMILES string of the molecule is COc1cc(-c2cc(C(=O)N3CC[C@H](C(=O)NCc4cccnc4C(F)(F)F)CC34CC4)[nH]n2)c(F)cn1. The summed E-state index contributed by atoms with van der Waals surface area (Å²) in [6.45, 7) is 0.00431. The molecule has 3 aromatic heterocycles. The lowest BCUT2D eigenvalue weighted by molar-refractivity contribution is -0.142. The van der Waals surface area contributed by atoms with Gasteiger partial charge >= 0.3 is 6.18 Å². The van der Waals surface area contributed by atoms with Crippen LogP contribution >= 0.6 is 0 Å². The maximum Gasteiger partial charge on any atom is 0.433 e. The Bertz CT molecular complexity index is 1370. The van der Waals surface area contributed by atoms with Crippen molar-refractivity contribution in [3.63, 3.8) is 0 Å². The van der Waals surface area contributed by atoms with Gasteiger partial charge in [-0.1, -0.05) is 6.07 Å². The number of likely N-dealkylation sites (tertiary alicyclic amines) is 1. The van der Waals surface area contributed by atoms with Crippen LogP contribution in [0.2, 0.25) is 0 Å². The Balaban J connectivity index is 1.24. The molecule has 1 spiro atoms. The second-order valence-corrected chi connectivity index (χ2v) is 9.47. The first-order valence-corrected chi connectivity index (χ1v) is 12.0. The fraction of sp³-hybridized carbons (Fsp3) is 0.400. The van der Waals surface area contributed by atoms with E-state index in [-0.39, 0.29) is 46.8 Å². The summed E-state index contributed by atoms with van der Waals surface area (Å²) in [5.41, 5.74) is -1.10. The van der Waals surface area contributed by atoms with E-state index in [4.69, 9.17) is 4.74 Å². The molecule has 1 aliphatic heterocycles. The monoisotopic (exact) mass is 532 g/mol. The number of piperidine rings is 1. The van der Waals surface area contributed by atoms with Crippen molar-refractivity contribution in [1.82, 2.24) is 30.4 Å². The number of halogens is 4. The number of nitrogens with one attached hydrogen (secondary N) is 2. The van der Waals surface area contributed by atoms with Gasteiger partial charge < -0.3 is 15.0 Å². The zero-order valence-corrected chi connectivity index (χ0v) is 20.3. The molecule has 1 atom stereocenters. The van der Waals surface area contributed by atoms with E-state index in [1.54, 1.807) is 4.90 Å². The summed E-state index contributed by atoms with van der Waals surface area (Å²) in [5.74, 6) is -1.52. The predicted molar refractivity (Wildman–Crippen MR) is 125 cm³/mol. The molecule has 1 saturated heterocycles. The van der Waals surface area contributed by atoms with Gasteiger partial charge in [0.25, 0.3) is 5.91 Å². The molecule has 3 aromatic rings. The first kappa shape index (κ1) is 25.6. The van der Waals surface area contributed by atoms with Gasteiger partial charge in [-0.3, -0.25) is 19.7 Å². The van der Waals surface area contributed by atoms with E-state index in [0.717, 1.165) is 12.4 Å². The van der Waals surface area contributed by atoms with Crippen molar-refractivity contribution in [2.45, 2.75) is 43.9 Å². The van der Waals surface area contributed by atoms with Gasteiger partial charge in [0, 0.05) is 47.9 Å². The minimum Gasteiger partial charge on any atom is -0.481 e. The largest absolute Gasteiger partial charge is 0.481 e. The smallest absolute Gasteiger partial charge is 0.433 e. The highest BCUT2D eigenvalue weighted by Crippen LogP contribution is 2.50. The average molecular weight is 532 g/mol. The first-order chi connectivity index (χ1) is 18.1. The number of hydrogen-bond acceptors (Lipinski definition) is 6. The summed E-state index contributed by atoms with van der Waals surface area (Å²) < 4.78 is 58.9. The molecule has 2 aliphatic rings. The quantitative estimate of drug-likeness (QED) is 0.468. The number of aromatic amines is 1. The molecule has 13 heteroatoms. The molecular weight excluding hydrogens is 508 g/mol. The van der Waals surface area contributed by atoms with Crippen molar-refractivity contribution in [2.75, 3.05) is 13.7 Å². The molecular formula is C25H24F4N6O3. The molecule has 200 valence electrons. The molecule has 2 N–H and O–H groups in total. The van der Waals surface area contributed by atoms with E-state index in [0.29, 0.717) is 32.2 Å². The Morgan fingerprint density at radius 2 is 2.05 bits per heavy atom. The molecule has 0 bridgehead atoms. The summed E-state index contributed by atoms with van der Waals surface area (Å²) in [6, 6.07) is 5.52. The van der Waals surface area contributed by atoms with Gasteiger partial charge in [0.05, 0.1) is 19.0 Å². The molecule has 1 aliphatic carbocycles. The second kappa shape index (κ2) is 9.69. The van der Waals surface area contributed by atoms with Gasteiger partial charge in [0.2, 0.25) is 11.8 Å². The lowest BCUT2D eigenvalue weighted by Crippen LogP contribution is -2.50. The topological polar surface area (TPSA) is 113 Å². The van der Waals surface area contributed by atoms with Crippen molar-refractivity contribution >= 4 is 11.8 Å². The van der Waals surface area contributed by atoms with Gasteiger partial charge in [0.15, 0.2) is 5.82 Å². The van der Waals surface area contributed by atoms with E-state index < -0.39 is 29.1 Å². The number of amides is 2. The van der Waals surface area contributed by atoms with Crippen LogP contribution in [-0.2, 0) is 17.5 Å². The number of hydrogen-bond donors (Lipinski definition) is 2. The van der Waals surface area contributed by atoms with Crippen LogP contribution in [-0.4, -0.2) is 56.1 Å². The summed E-state index contributed by atoms with van der Waals surface area (Å²) in [7, 11) is 1.40. The van der Waals surface area contributed by atoms with Crippen LogP contribution < -0.4 is 10.1 Å². The first-order valence-electron chi connectivity index (χ1n) is 12.0. The van der Waals surface area contributed by atoms with Gasteiger partial charge in [-0.15, -0.1) is 0 Å². The number of H-pyrrole nitrogens is 1. The average Bonchev–Trinajstić information content (AvgIpc) is 3.48. The van der Waals surface area contributed by atoms with Crippen LogP contribution in [0.25, 0.3) is 11.3 Å². The van der Waals surface area contributed by atoms with E-state index in [2.05, 4.69) is 25.5 Å². The highest BCUT2D eigenvalue weighted by atomic mass is 19.4. The van der Waals surface area contributed by atoms with Crippen LogP contribution in [0.1, 0.15) is 47.4 Å². The number of methoxy groups -OCH3 is 1. The normalized spacial score (nSPS) is 18.3. The standard InChI is InChI=1S/C25H24F4N6O3/c1-38-20-9-16(17(26)13-31-20)18-10-19(34-33-18)23(37)35-8-4-14(11-24(35)5-6-24)22(36)32-12-15-3-2-7-30-21(15)25(27,28)29/h2-3,7,9-10,13-14H,4-6,8,11-12H2,1H3,(H,32,36)(H,33,34)/t14-/m0/s1. The molecule has 0 radical (unpaired) electrons. The van der Waals surface area contributed by atoms with Crippen molar-refractivity contribution < 1.29 is 31.9 Å². The van der Waals surface area contributed by atoms with E-state index >= 15 is 0 Å². The number of alkyl halides is 3. The fourth-order valence-corrected chi connectivity index (χ4v) is 4.96. The number of rotatable bonds is 6. The van der Waals surface area contributed by atoms with Crippen molar-refractivity contribution in [3.05, 3.63) is 59.4 Å². The third kappa shape index (κ3) is 4.92. The molecule has 2 fully saturated rings. The predicted octanol–water partition coefficient (Wildman–Crippen LogP) is 3.73. The Kier molecular flexibility index (Phi) is 6.53. The minimum absolute atomic E-state index is 0.111. The summed E-state index contributed by atoms with van der Waals surface area (Å²) in [5, 5.41) is 9.37. The van der Waals surface area contributed by atoms with E-state index in [1.165, 1.54) is 31.4 Å². The highest BCUT2D eigenvalue weighted by Gasteiger charge is 2.54. The molecule has 38 heavy (non-hydrogen) atoms. The van der Waals surface area contributed by atoms with Crippen LogP contribution in [0.3, 0.4) is 0 Å². The molecule has 4 heterocycles. The highest BCUT2D eigenvalue weighted by molar-refractivity contribution is 5.94. The summed E-state index contributed by atoms with van der Waals surface area (Å²) in [4.78, 5) is 35.1. The number of carbonyl (C=O) groups is 2. The van der Waals surface area contributed by atoms with Gasteiger partial charge in [-0.25, -0.2) is 9.37 Å². The Labute approximate surface area is 214 Å². The van der Waals surface area contributed by atoms with Crippen LogP contribution in [0.5, 0.6) is 5.88 Å². The molecule has 0 aromatic carbocycles. The van der Waals surface area contributed by atoms with Crippen LogP contribution in [0.15, 0.2) is 36.7 Å². The zero-order valence-electron chi connectivity index (χ0n) is 20.3. The van der Waals surface area contributed by atoms with Crippen LogP contribution in [0, 0.1) is 11.7 Å². The lowest BCUT2D eigenvalue weighted by Gasteiger charge is -2.39. The van der Waals surface area contributed by atoms with Crippen molar-refractivity contribution in [1.29, 1.82) is 0 Å². The van der Waals surface area contributed by atoms with E-state index in [9.17, 15) is 27.2 Å². The maximum absolute atomic E-state index is 14.3. The zero-order chi connectivity index (χ0) is 27.1. The molecule has 5 rings (SSSR count). The van der Waals surface area contributed by atoms with Crippen molar-refractivity contribution in [3.8, 4) is 17.1 Å². The Morgan fingerprint density at radius 1 is 1.26 bits per heavy atom. The second-order valence-electron chi connectivity index (χ2n) is 9.47. The summed E-state index contributed by atoms with van der Waals surface area (Å²) in [6.07, 6.45) is -0.368. The Hall–Kier alpha value is -4.03. The van der Waals surface area contributed by atoms with Gasteiger partial charge in [-0.2, -0.15) is 18.3 Å². The third-order valence-electron chi connectivity index (χ3n) is 7.08.